The van der Waals surface area contributed by atoms with Crippen LogP contribution in [0.2, 0.25) is 0 Å². The molecule has 0 fully saturated rings. The summed E-state index contributed by atoms with van der Waals surface area (Å²) in [6, 6.07) is 7.50. The van der Waals surface area contributed by atoms with Crippen LogP contribution >= 0.6 is 15.9 Å². The lowest BCUT2D eigenvalue weighted by atomic mass is 10.1. The molecule has 0 aliphatic rings. The lowest BCUT2D eigenvalue weighted by Gasteiger charge is -2.07. The van der Waals surface area contributed by atoms with Crippen LogP contribution in [-0.2, 0) is 13.0 Å². The predicted octanol–water partition coefficient (Wildman–Crippen LogP) is 1.12. The third-order valence-corrected chi connectivity index (χ3v) is 3.21. The van der Waals surface area contributed by atoms with Gasteiger partial charge in [-0.3, -0.25) is 14.3 Å². The van der Waals surface area contributed by atoms with Gasteiger partial charge in [0.2, 0.25) is 0 Å². The summed E-state index contributed by atoms with van der Waals surface area (Å²) < 4.78 is 1.78. The van der Waals surface area contributed by atoms with E-state index >= 15 is 0 Å². The minimum Gasteiger partial charge on any atom is -0.399 e. The maximum atomic E-state index is 11.6. The van der Waals surface area contributed by atoms with E-state index in [0.29, 0.717) is 23.1 Å². The smallest absolute Gasteiger partial charge is 0.328 e. The molecule has 0 aliphatic carbocycles. The van der Waals surface area contributed by atoms with Crippen LogP contribution in [0.25, 0.3) is 0 Å². The Kier molecular flexibility index (Phi) is 3.66. The zero-order valence-corrected chi connectivity index (χ0v) is 11.1. The van der Waals surface area contributed by atoms with Crippen molar-refractivity contribution < 1.29 is 0 Å². The molecule has 0 aliphatic heterocycles. The molecular formula is C12H12BrN3O2. The van der Waals surface area contributed by atoms with Crippen molar-refractivity contribution in [1.29, 1.82) is 0 Å². The Hall–Kier alpha value is -1.82. The summed E-state index contributed by atoms with van der Waals surface area (Å²) >= 11 is 3.09. The number of anilines is 1. The molecule has 6 heteroatoms. The minimum atomic E-state index is -0.421. The normalized spacial score (nSPS) is 10.5. The van der Waals surface area contributed by atoms with Crippen molar-refractivity contribution in [1.82, 2.24) is 9.55 Å². The van der Waals surface area contributed by atoms with E-state index in [-0.39, 0.29) is 0 Å². The van der Waals surface area contributed by atoms with Gasteiger partial charge in [0.05, 0.1) is 4.47 Å². The number of para-hydroxylation sites is 1. The van der Waals surface area contributed by atoms with Crippen molar-refractivity contribution in [2.75, 3.05) is 5.73 Å². The molecule has 0 spiro atoms. The Labute approximate surface area is 111 Å². The molecule has 0 atom stereocenters. The maximum Gasteiger partial charge on any atom is 0.328 e. The molecule has 94 valence electrons. The van der Waals surface area contributed by atoms with Crippen LogP contribution in [-0.4, -0.2) is 9.55 Å². The zero-order valence-electron chi connectivity index (χ0n) is 9.52. The van der Waals surface area contributed by atoms with E-state index in [9.17, 15) is 9.59 Å². The predicted molar refractivity (Wildman–Crippen MR) is 73.6 cm³/mol. The van der Waals surface area contributed by atoms with Crippen LogP contribution in [0, 0.1) is 0 Å². The van der Waals surface area contributed by atoms with E-state index in [4.69, 9.17) is 5.73 Å². The second-order valence-corrected chi connectivity index (χ2v) is 4.73. The molecule has 2 rings (SSSR count). The van der Waals surface area contributed by atoms with Gasteiger partial charge < -0.3 is 5.73 Å². The van der Waals surface area contributed by atoms with Gasteiger partial charge >= 0.3 is 5.69 Å². The molecule has 0 radical (unpaired) electrons. The molecular weight excluding hydrogens is 298 g/mol. The van der Waals surface area contributed by atoms with E-state index in [1.165, 1.54) is 10.8 Å². The molecule has 3 N–H and O–H groups in total. The van der Waals surface area contributed by atoms with Gasteiger partial charge in [0, 0.05) is 18.4 Å². The lowest BCUT2D eigenvalue weighted by Crippen LogP contribution is -2.30. The number of rotatable bonds is 3. The van der Waals surface area contributed by atoms with Crippen LogP contribution in [0.4, 0.5) is 5.69 Å². The van der Waals surface area contributed by atoms with E-state index in [0.717, 1.165) is 5.56 Å². The van der Waals surface area contributed by atoms with Gasteiger partial charge in [-0.2, -0.15) is 0 Å². The second-order valence-electron chi connectivity index (χ2n) is 3.88. The molecule has 0 amide bonds. The highest BCUT2D eigenvalue weighted by molar-refractivity contribution is 9.10. The van der Waals surface area contributed by atoms with Crippen molar-refractivity contribution in [3.05, 3.63) is 61.3 Å². The monoisotopic (exact) mass is 309 g/mol. The number of nitrogens with two attached hydrogens (primary N) is 1. The highest BCUT2D eigenvalue weighted by Gasteiger charge is 2.03. The van der Waals surface area contributed by atoms with Gasteiger partial charge in [0.15, 0.2) is 0 Å². The number of H-pyrrole nitrogens is 1. The van der Waals surface area contributed by atoms with Crippen LogP contribution in [0.1, 0.15) is 5.56 Å². The Balaban J connectivity index is 2.21. The summed E-state index contributed by atoms with van der Waals surface area (Å²) in [5.74, 6) is 0. The average molecular weight is 310 g/mol. The Morgan fingerprint density at radius 1 is 1.28 bits per heavy atom. The summed E-state index contributed by atoms with van der Waals surface area (Å²) in [6.07, 6.45) is 2.12. The minimum absolute atomic E-state index is 0.336. The van der Waals surface area contributed by atoms with Crippen molar-refractivity contribution in [3.63, 3.8) is 0 Å². The van der Waals surface area contributed by atoms with Gasteiger partial charge in [-0.1, -0.05) is 18.2 Å². The fourth-order valence-corrected chi connectivity index (χ4v) is 2.00. The van der Waals surface area contributed by atoms with Crippen LogP contribution in [0.5, 0.6) is 0 Å². The van der Waals surface area contributed by atoms with Crippen molar-refractivity contribution in [2.45, 2.75) is 13.0 Å². The van der Waals surface area contributed by atoms with Crippen molar-refractivity contribution in [2.24, 2.45) is 0 Å². The second kappa shape index (κ2) is 5.22. The van der Waals surface area contributed by atoms with E-state index in [2.05, 4.69) is 20.9 Å². The molecule has 5 nitrogen and oxygen atoms in total. The first-order valence-corrected chi connectivity index (χ1v) is 6.20. The van der Waals surface area contributed by atoms with Gasteiger partial charge in [-0.25, -0.2) is 4.79 Å². The number of benzene rings is 1. The number of aryl methyl sites for hydroxylation is 2. The number of hydrogen-bond acceptors (Lipinski definition) is 3. The van der Waals surface area contributed by atoms with Gasteiger partial charge in [0.1, 0.15) is 0 Å². The quantitative estimate of drug-likeness (QED) is 0.834. The van der Waals surface area contributed by atoms with Crippen LogP contribution < -0.4 is 17.0 Å². The van der Waals surface area contributed by atoms with E-state index in [1.54, 1.807) is 0 Å². The fourth-order valence-electron chi connectivity index (χ4n) is 1.65. The van der Waals surface area contributed by atoms with Crippen LogP contribution in [0.3, 0.4) is 0 Å². The number of nitrogens with zero attached hydrogens (tertiary/aromatic N) is 1. The molecule has 0 unspecified atom stereocenters. The largest absolute Gasteiger partial charge is 0.399 e. The van der Waals surface area contributed by atoms with Gasteiger partial charge in [0.25, 0.3) is 5.56 Å². The highest BCUT2D eigenvalue weighted by Crippen LogP contribution is 2.11. The standard InChI is InChI=1S/C12H12BrN3O2/c13-9-7-16(12(18)15-11(9)17)6-5-8-3-1-2-4-10(8)14/h1-4,7H,5-6,14H2,(H,15,17,18). The number of nitrogen functional groups attached to an aromatic ring is 1. The molecule has 2 aromatic rings. The van der Waals surface area contributed by atoms with E-state index in [1.807, 2.05) is 24.3 Å². The third kappa shape index (κ3) is 2.70. The average Bonchev–Trinajstić information content (AvgIpc) is 2.34. The number of aromatic amines is 1. The fraction of sp³-hybridized carbons (Fsp3) is 0.167. The molecule has 0 saturated carbocycles. The number of aromatic nitrogens is 2. The molecule has 18 heavy (non-hydrogen) atoms. The Morgan fingerprint density at radius 3 is 2.72 bits per heavy atom. The highest BCUT2D eigenvalue weighted by atomic mass is 79.9. The molecule has 1 aromatic heterocycles. The first kappa shape index (κ1) is 12.6. The topological polar surface area (TPSA) is 80.9 Å². The van der Waals surface area contributed by atoms with Gasteiger partial charge in [-0.05, 0) is 34.0 Å². The summed E-state index contributed by atoms with van der Waals surface area (Å²) in [6.45, 7) is 0.461. The Bertz CT molecular complexity index is 676. The first-order valence-electron chi connectivity index (χ1n) is 5.40. The maximum absolute atomic E-state index is 11.6. The Morgan fingerprint density at radius 2 is 2.00 bits per heavy atom. The van der Waals surface area contributed by atoms with Crippen molar-refractivity contribution in [3.8, 4) is 0 Å². The summed E-state index contributed by atoms with van der Waals surface area (Å²) in [5, 5.41) is 0. The summed E-state index contributed by atoms with van der Waals surface area (Å²) in [5.41, 5.74) is 6.66. The number of nitrogens with one attached hydrogen (secondary N) is 1. The first-order chi connectivity index (χ1) is 8.58. The summed E-state index contributed by atoms with van der Waals surface area (Å²) in [4.78, 5) is 25.0. The van der Waals surface area contributed by atoms with Gasteiger partial charge in [-0.15, -0.1) is 0 Å². The number of halogens is 1. The molecule has 1 heterocycles. The molecule has 1 aromatic carbocycles. The third-order valence-electron chi connectivity index (χ3n) is 2.64. The molecule has 0 saturated heterocycles. The zero-order chi connectivity index (χ0) is 13.1. The van der Waals surface area contributed by atoms with Crippen LogP contribution in [0.15, 0.2) is 44.5 Å². The number of hydrogen-bond donors (Lipinski definition) is 2. The van der Waals surface area contributed by atoms with Crippen molar-refractivity contribution >= 4 is 21.6 Å². The molecule has 0 bridgehead atoms. The lowest BCUT2D eigenvalue weighted by molar-refractivity contribution is 0.643. The SMILES string of the molecule is Nc1ccccc1CCn1cc(Br)c(=O)[nH]c1=O. The van der Waals surface area contributed by atoms with E-state index < -0.39 is 11.2 Å². The summed E-state index contributed by atoms with van der Waals surface area (Å²) in [7, 11) is 0.